The number of benzene rings is 1. The molecule has 3 heteroatoms. The Morgan fingerprint density at radius 2 is 1.93 bits per heavy atom. The first-order valence-electron chi connectivity index (χ1n) is 5.17. The van der Waals surface area contributed by atoms with E-state index in [0.29, 0.717) is 12.2 Å². The first-order valence-corrected chi connectivity index (χ1v) is 5.17. The van der Waals surface area contributed by atoms with Crippen LogP contribution in [0.3, 0.4) is 0 Å². The average molecular weight is 207 g/mol. The highest BCUT2D eigenvalue weighted by Gasteiger charge is 2.06. The molecule has 82 valence electrons. The van der Waals surface area contributed by atoms with Crippen LogP contribution in [0.2, 0.25) is 0 Å². The monoisotopic (exact) mass is 207 g/mol. The van der Waals surface area contributed by atoms with Crippen LogP contribution in [-0.2, 0) is 0 Å². The molecule has 0 aliphatic rings. The van der Waals surface area contributed by atoms with Crippen LogP contribution in [-0.4, -0.2) is 18.6 Å². The molecular weight excluding hydrogens is 190 g/mol. The molecule has 1 rings (SSSR count). The van der Waals surface area contributed by atoms with Crippen molar-refractivity contribution >= 4 is 5.91 Å². The van der Waals surface area contributed by atoms with Crippen LogP contribution in [0.4, 0.5) is 0 Å². The Labute approximate surface area is 90.4 Å². The quantitative estimate of drug-likeness (QED) is 0.822. The lowest BCUT2D eigenvalue weighted by atomic mass is 10.2. The zero-order chi connectivity index (χ0) is 11.3. The summed E-state index contributed by atoms with van der Waals surface area (Å²) in [6.07, 6.45) is 0. The zero-order valence-electron chi connectivity index (χ0n) is 9.41. The van der Waals surface area contributed by atoms with E-state index in [1.807, 2.05) is 20.8 Å². The number of rotatable bonds is 4. The number of ether oxygens (including phenoxy) is 1. The van der Waals surface area contributed by atoms with Crippen molar-refractivity contribution in [1.29, 1.82) is 0 Å². The van der Waals surface area contributed by atoms with Gasteiger partial charge in [-0.15, -0.1) is 0 Å². The fraction of sp³-hybridized carbons (Fsp3) is 0.417. The van der Waals surface area contributed by atoms with E-state index in [-0.39, 0.29) is 11.9 Å². The van der Waals surface area contributed by atoms with Gasteiger partial charge in [-0.05, 0) is 45.0 Å². The molecule has 0 saturated heterocycles. The molecule has 1 N–H and O–H groups in total. The molecule has 0 aliphatic carbocycles. The van der Waals surface area contributed by atoms with Gasteiger partial charge < -0.3 is 10.1 Å². The fourth-order valence-electron chi connectivity index (χ4n) is 1.21. The second-order valence-corrected chi connectivity index (χ2v) is 3.59. The van der Waals surface area contributed by atoms with Crippen LogP contribution in [0.15, 0.2) is 24.3 Å². The molecule has 1 aromatic rings. The second kappa shape index (κ2) is 5.39. The molecule has 0 unspecified atom stereocenters. The van der Waals surface area contributed by atoms with E-state index in [1.54, 1.807) is 24.3 Å². The van der Waals surface area contributed by atoms with Crippen molar-refractivity contribution in [3.8, 4) is 5.75 Å². The number of hydrogen-bond donors (Lipinski definition) is 1. The van der Waals surface area contributed by atoms with Gasteiger partial charge in [0.1, 0.15) is 5.75 Å². The smallest absolute Gasteiger partial charge is 0.251 e. The minimum atomic E-state index is -0.0481. The lowest BCUT2D eigenvalue weighted by Gasteiger charge is -2.08. The van der Waals surface area contributed by atoms with Crippen LogP contribution in [0.5, 0.6) is 5.75 Å². The molecule has 0 aliphatic heterocycles. The summed E-state index contributed by atoms with van der Waals surface area (Å²) in [5.74, 6) is 0.742. The van der Waals surface area contributed by atoms with E-state index in [4.69, 9.17) is 4.74 Å². The van der Waals surface area contributed by atoms with Crippen molar-refractivity contribution < 1.29 is 9.53 Å². The summed E-state index contributed by atoms with van der Waals surface area (Å²) >= 11 is 0. The largest absolute Gasteiger partial charge is 0.494 e. The Morgan fingerprint density at radius 1 is 1.33 bits per heavy atom. The van der Waals surface area contributed by atoms with Gasteiger partial charge in [-0.25, -0.2) is 0 Å². The van der Waals surface area contributed by atoms with E-state index >= 15 is 0 Å². The van der Waals surface area contributed by atoms with Gasteiger partial charge >= 0.3 is 0 Å². The maximum atomic E-state index is 11.6. The molecule has 0 fully saturated rings. The van der Waals surface area contributed by atoms with Crippen molar-refractivity contribution in [2.45, 2.75) is 26.8 Å². The van der Waals surface area contributed by atoms with E-state index in [9.17, 15) is 4.79 Å². The predicted octanol–water partition coefficient (Wildman–Crippen LogP) is 2.22. The van der Waals surface area contributed by atoms with Crippen LogP contribution >= 0.6 is 0 Å². The zero-order valence-corrected chi connectivity index (χ0v) is 9.41. The number of amides is 1. The number of carbonyl (C=O) groups is 1. The topological polar surface area (TPSA) is 38.3 Å². The molecule has 0 spiro atoms. The van der Waals surface area contributed by atoms with Gasteiger partial charge in [-0.2, -0.15) is 0 Å². The Balaban J connectivity index is 2.67. The Bertz CT molecular complexity index is 317. The van der Waals surface area contributed by atoms with E-state index in [1.165, 1.54) is 0 Å². The third-order valence-electron chi connectivity index (χ3n) is 1.85. The molecule has 0 aromatic heterocycles. The maximum Gasteiger partial charge on any atom is 0.251 e. The highest BCUT2D eigenvalue weighted by molar-refractivity contribution is 5.94. The van der Waals surface area contributed by atoms with Gasteiger partial charge in [0.15, 0.2) is 0 Å². The summed E-state index contributed by atoms with van der Waals surface area (Å²) in [5.41, 5.74) is 0.659. The third-order valence-corrected chi connectivity index (χ3v) is 1.85. The van der Waals surface area contributed by atoms with Gasteiger partial charge in [0, 0.05) is 11.6 Å². The highest BCUT2D eigenvalue weighted by atomic mass is 16.5. The molecule has 0 radical (unpaired) electrons. The highest BCUT2D eigenvalue weighted by Crippen LogP contribution is 2.11. The minimum absolute atomic E-state index is 0.0481. The molecule has 3 nitrogen and oxygen atoms in total. The lowest BCUT2D eigenvalue weighted by molar-refractivity contribution is 0.0943. The minimum Gasteiger partial charge on any atom is -0.494 e. The second-order valence-electron chi connectivity index (χ2n) is 3.59. The van der Waals surface area contributed by atoms with Gasteiger partial charge in [0.25, 0.3) is 5.91 Å². The summed E-state index contributed by atoms with van der Waals surface area (Å²) in [4.78, 5) is 11.6. The molecule has 0 atom stereocenters. The molecular formula is C12H17NO2. The summed E-state index contributed by atoms with van der Waals surface area (Å²) in [6, 6.07) is 7.30. The summed E-state index contributed by atoms with van der Waals surface area (Å²) in [5, 5.41) is 2.83. The van der Waals surface area contributed by atoms with Crippen molar-refractivity contribution in [3.63, 3.8) is 0 Å². The van der Waals surface area contributed by atoms with Crippen molar-refractivity contribution in [3.05, 3.63) is 29.8 Å². The molecule has 15 heavy (non-hydrogen) atoms. The molecule has 0 heterocycles. The van der Waals surface area contributed by atoms with Crippen LogP contribution < -0.4 is 10.1 Å². The van der Waals surface area contributed by atoms with Crippen molar-refractivity contribution in [2.75, 3.05) is 6.61 Å². The molecule has 1 amide bonds. The van der Waals surface area contributed by atoms with Crippen LogP contribution in [0.1, 0.15) is 31.1 Å². The summed E-state index contributed by atoms with van der Waals surface area (Å²) in [6.45, 7) is 6.44. The predicted molar refractivity (Wildman–Crippen MR) is 60.2 cm³/mol. The first-order chi connectivity index (χ1) is 7.13. The van der Waals surface area contributed by atoms with Crippen LogP contribution in [0.25, 0.3) is 0 Å². The average Bonchev–Trinajstić information content (AvgIpc) is 2.18. The summed E-state index contributed by atoms with van der Waals surface area (Å²) < 4.78 is 5.29. The fourth-order valence-corrected chi connectivity index (χ4v) is 1.21. The Morgan fingerprint density at radius 3 is 2.40 bits per heavy atom. The van der Waals surface area contributed by atoms with Crippen molar-refractivity contribution in [1.82, 2.24) is 5.32 Å². The third kappa shape index (κ3) is 3.62. The maximum absolute atomic E-state index is 11.6. The molecule has 1 aromatic carbocycles. The molecule has 0 bridgehead atoms. The van der Waals surface area contributed by atoms with E-state index in [2.05, 4.69) is 5.32 Å². The van der Waals surface area contributed by atoms with Gasteiger partial charge in [-0.3, -0.25) is 4.79 Å². The normalized spacial score (nSPS) is 10.1. The van der Waals surface area contributed by atoms with Crippen molar-refractivity contribution in [2.24, 2.45) is 0 Å². The summed E-state index contributed by atoms with van der Waals surface area (Å²) in [7, 11) is 0. The van der Waals surface area contributed by atoms with Gasteiger partial charge in [-0.1, -0.05) is 0 Å². The van der Waals surface area contributed by atoms with E-state index < -0.39 is 0 Å². The van der Waals surface area contributed by atoms with Gasteiger partial charge in [0.05, 0.1) is 6.61 Å². The number of carbonyl (C=O) groups excluding carboxylic acids is 1. The lowest BCUT2D eigenvalue weighted by Crippen LogP contribution is -2.29. The molecule has 0 saturated carbocycles. The Kier molecular flexibility index (Phi) is 4.16. The van der Waals surface area contributed by atoms with Crippen LogP contribution in [0, 0.1) is 0 Å². The standard InChI is InChI=1S/C12H17NO2/c1-4-15-11-7-5-10(6-8-11)12(14)13-9(2)3/h5-9H,4H2,1-3H3,(H,13,14). The van der Waals surface area contributed by atoms with E-state index in [0.717, 1.165) is 5.75 Å². The Hall–Kier alpha value is -1.51. The number of hydrogen-bond acceptors (Lipinski definition) is 2. The number of nitrogens with one attached hydrogen (secondary N) is 1. The first kappa shape index (κ1) is 11.6. The SMILES string of the molecule is CCOc1ccc(C(=O)NC(C)C)cc1. The van der Waals surface area contributed by atoms with Gasteiger partial charge in [0.2, 0.25) is 0 Å².